The lowest BCUT2D eigenvalue weighted by molar-refractivity contribution is 0.0950. The first-order valence-electron chi connectivity index (χ1n) is 8.23. The van der Waals surface area contributed by atoms with E-state index in [4.69, 9.17) is 23.2 Å². The second-order valence-corrected chi connectivity index (χ2v) is 6.86. The number of nitrogens with one attached hydrogen (secondary N) is 1. The molecular formula is C20H14Cl2N4O. The molecule has 4 rings (SSSR count). The Hall–Kier alpha value is -2.89. The molecule has 1 N–H and O–H groups in total. The average molecular weight is 397 g/mol. The summed E-state index contributed by atoms with van der Waals surface area (Å²) >= 11 is 11.9. The molecular weight excluding hydrogens is 383 g/mol. The molecule has 0 spiro atoms. The van der Waals surface area contributed by atoms with Crippen LogP contribution in [0.4, 0.5) is 0 Å². The van der Waals surface area contributed by atoms with Crippen molar-refractivity contribution in [1.82, 2.24) is 19.9 Å². The minimum absolute atomic E-state index is 0.187. The zero-order valence-corrected chi connectivity index (χ0v) is 15.6. The average Bonchev–Trinajstić information content (AvgIpc) is 3.10. The third-order valence-corrected chi connectivity index (χ3v) is 4.60. The zero-order valence-electron chi connectivity index (χ0n) is 14.1. The Morgan fingerprint density at radius 3 is 2.56 bits per heavy atom. The van der Waals surface area contributed by atoms with E-state index in [2.05, 4.69) is 15.5 Å². The van der Waals surface area contributed by atoms with E-state index in [-0.39, 0.29) is 5.91 Å². The first-order chi connectivity index (χ1) is 13.1. The highest BCUT2D eigenvalue weighted by molar-refractivity contribution is 6.30. The SMILES string of the molecule is O=C(NCc1cccc(Cl)c1)c1ccc2nnc(-c3ccc(Cl)cc3)n2c1. The van der Waals surface area contributed by atoms with Gasteiger partial charge in [-0.2, -0.15) is 0 Å². The fraction of sp³-hybridized carbons (Fsp3) is 0.0500. The van der Waals surface area contributed by atoms with Gasteiger partial charge in [-0.05, 0) is 54.1 Å². The van der Waals surface area contributed by atoms with E-state index < -0.39 is 0 Å². The fourth-order valence-corrected chi connectivity index (χ4v) is 3.09. The number of fused-ring (bicyclic) bond motifs is 1. The van der Waals surface area contributed by atoms with Crippen molar-refractivity contribution in [2.75, 3.05) is 0 Å². The number of amides is 1. The molecule has 0 radical (unpaired) electrons. The summed E-state index contributed by atoms with van der Waals surface area (Å²) in [6.45, 7) is 0.393. The zero-order chi connectivity index (χ0) is 18.8. The first-order valence-corrected chi connectivity index (χ1v) is 8.99. The number of rotatable bonds is 4. The molecule has 0 saturated heterocycles. The summed E-state index contributed by atoms with van der Waals surface area (Å²) in [5, 5.41) is 12.6. The lowest BCUT2D eigenvalue weighted by Gasteiger charge is -2.07. The van der Waals surface area contributed by atoms with Crippen molar-refractivity contribution in [1.29, 1.82) is 0 Å². The molecule has 1 amide bonds. The molecule has 4 aromatic rings. The van der Waals surface area contributed by atoms with Gasteiger partial charge in [-0.1, -0.05) is 35.3 Å². The van der Waals surface area contributed by atoms with Crippen LogP contribution in [-0.2, 0) is 6.54 Å². The van der Waals surface area contributed by atoms with Gasteiger partial charge >= 0.3 is 0 Å². The lowest BCUT2D eigenvalue weighted by Crippen LogP contribution is -2.23. The van der Waals surface area contributed by atoms with E-state index in [1.54, 1.807) is 40.9 Å². The van der Waals surface area contributed by atoms with Crippen molar-refractivity contribution < 1.29 is 4.79 Å². The van der Waals surface area contributed by atoms with E-state index in [9.17, 15) is 4.79 Å². The predicted molar refractivity (Wildman–Crippen MR) is 106 cm³/mol. The van der Waals surface area contributed by atoms with E-state index in [0.717, 1.165) is 11.1 Å². The highest BCUT2D eigenvalue weighted by atomic mass is 35.5. The van der Waals surface area contributed by atoms with E-state index in [1.807, 2.05) is 30.3 Å². The summed E-state index contributed by atoms with van der Waals surface area (Å²) in [6.07, 6.45) is 1.73. The molecule has 0 aliphatic carbocycles. The van der Waals surface area contributed by atoms with Crippen molar-refractivity contribution in [3.63, 3.8) is 0 Å². The molecule has 0 bridgehead atoms. The molecule has 0 unspecified atom stereocenters. The van der Waals surface area contributed by atoms with Gasteiger partial charge in [-0.15, -0.1) is 10.2 Å². The van der Waals surface area contributed by atoms with Crippen LogP contribution < -0.4 is 5.32 Å². The Bertz CT molecular complexity index is 1120. The summed E-state index contributed by atoms with van der Waals surface area (Å²) in [5.41, 5.74) is 2.97. The molecule has 5 nitrogen and oxygen atoms in total. The fourth-order valence-electron chi connectivity index (χ4n) is 2.75. The summed E-state index contributed by atoms with van der Waals surface area (Å²) in [7, 11) is 0. The molecule has 27 heavy (non-hydrogen) atoms. The molecule has 134 valence electrons. The molecule has 0 atom stereocenters. The maximum atomic E-state index is 12.5. The Balaban J connectivity index is 1.59. The quantitative estimate of drug-likeness (QED) is 0.546. The summed E-state index contributed by atoms with van der Waals surface area (Å²) < 4.78 is 1.79. The van der Waals surface area contributed by atoms with Gasteiger partial charge in [-0.3, -0.25) is 9.20 Å². The molecule has 2 aromatic heterocycles. The maximum Gasteiger partial charge on any atom is 0.253 e. The second-order valence-electron chi connectivity index (χ2n) is 5.99. The monoisotopic (exact) mass is 396 g/mol. The van der Waals surface area contributed by atoms with Crippen LogP contribution in [-0.4, -0.2) is 20.5 Å². The van der Waals surface area contributed by atoms with Crippen LogP contribution in [0.3, 0.4) is 0 Å². The topological polar surface area (TPSA) is 59.3 Å². The van der Waals surface area contributed by atoms with E-state index in [0.29, 0.717) is 33.6 Å². The van der Waals surface area contributed by atoms with Gasteiger partial charge in [0.2, 0.25) is 0 Å². The summed E-state index contributed by atoms with van der Waals surface area (Å²) in [5.74, 6) is 0.457. The smallest absolute Gasteiger partial charge is 0.253 e. The van der Waals surface area contributed by atoms with Crippen molar-refractivity contribution in [2.45, 2.75) is 6.54 Å². The number of hydrogen-bond acceptors (Lipinski definition) is 3. The van der Waals surface area contributed by atoms with Gasteiger partial charge in [-0.25, -0.2) is 0 Å². The number of pyridine rings is 1. The van der Waals surface area contributed by atoms with E-state index >= 15 is 0 Å². The highest BCUT2D eigenvalue weighted by Gasteiger charge is 2.12. The Morgan fingerprint density at radius 2 is 1.78 bits per heavy atom. The van der Waals surface area contributed by atoms with Crippen LogP contribution in [0.1, 0.15) is 15.9 Å². The van der Waals surface area contributed by atoms with Crippen LogP contribution in [0, 0.1) is 0 Å². The van der Waals surface area contributed by atoms with Crippen LogP contribution in [0.5, 0.6) is 0 Å². The van der Waals surface area contributed by atoms with Gasteiger partial charge < -0.3 is 5.32 Å². The molecule has 0 aliphatic rings. The molecule has 0 fully saturated rings. The molecule has 2 heterocycles. The van der Waals surface area contributed by atoms with Crippen LogP contribution in [0.25, 0.3) is 17.0 Å². The van der Waals surface area contributed by atoms with Crippen molar-refractivity contribution in [3.8, 4) is 11.4 Å². The Labute approximate surface area is 165 Å². The van der Waals surface area contributed by atoms with Crippen molar-refractivity contribution in [3.05, 3.63) is 88.0 Å². The highest BCUT2D eigenvalue weighted by Crippen LogP contribution is 2.21. The minimum atomic E-state index is -0.187. The van der Waals surface area contributed by atoms with E-state index in [1.165, 1.54) is 0 Å². The summed E-state index contributed by atoms with van der Waals surface area (Å²) in [4.78, 5) is 12.5. The number of carbonyl (C=O) groups is 1. The summed E-state index contributed by atoms with van der Waals surface area (Å²) in [6, 6.07) is 18.2. The number of aromatic nitrogens is 3. The number of nitrogens with zero attached hydrogens (tertiary/aromatic N) is 3. The maximum absolute atomic E-state index is 12.5. The van der Waals surface area contributed by atoms with Gasteiger partial charge in [0.25, 0.3) is 5.91 Å². The third kappa shape index (κ3) is 3.79. The van der Waals surface area contributed by atoms with Gasteiger partial charge in [0.15, 0.2) is 11.5 Å². The van der Waals surface area contributed by atoms with Crippen LogP contribution >= 0.6 is 23.2 Å². The largest absolute Gasteiger partial charge is 0.348 e. The molecule has 7 heteroatoms. The number of benzene rings is 2. The number of hydrogen-bond donors (Lipinski definition) is 1. The Kier molecular flexibility index (Phi) is 4.79. The first kappa shape index (κ1) is 17.5. The molecule has 2 aromatic carbocycles. The van der Waals surface area contributed by atoms with Crippen LogP contribution in [0.15, 0.2) is 66.9 Å². The van der Waals surface area contributed by atoms with Gasteiger partial charge in [0.05, 0.1) is 5.56 Å². The standard InChI is InChI=1S/C20H14Cl2N4O/c21-16-7-4-14(5-8-16)19-25-24-18-9-6-15(12-26(18)19)20(27)23-11-13-2-1-3-17(22)10-13/h1-10,12H,11H2,(H,23,27). The van der Waals surface area contributed by atoms with Crippen LogP contribution in [0.2, 0.25) is 10.0 Å². The van der Waals surface area contributed by atoms with Gasteiger partial charge in [0.1, 0.15) is 0 Å². The second kappa shape index (κ2) is 7.39. The number of carbonyl (C=O) groups excluding carboxylic acids is 1. The van der Waals surface area contributed by atoms with Crippen molar-refractivity contribution in [2.24, 2.45) is 0 Å². The third-order valence-electron chi connectivity index (χ3n) is 4.11. The lowest BCUT2D eigenvalue weighted by atomic mass is 10.2. The predicted octanol–water partition coefficient (Wildman–Crippen LogP) is 4.63. The molecule has 0 saturated carbocycles. The van der Waals surface area contributed by atoms with Crippen molar-refractivity contribution >= 4 is 34.8 Å². The normalized spacial score (nSPS) is 10.9. The minimum Gasteiger partial charge on any atom is -0.348 e. The molecule has 0 aliphatic heterocycles. The number of halogens is 2. The van der Waals surface area contributed by atoms with Gasteiger partial charge in [0, 0.05) is 28.4 Å². The Morgan fingerprint density at radius 1 is 0.963 bits per heavy atom.